The third kappa shape index (κ3) is 8.21. The van der Waals surface area contributed by atoms with Crippen LogP contribution in [0, 0.1) is 0 Å². The predicted octanol–water partition coefficient (Wildman–Crippen LogP) is 3.03. The van der Waals surface area contributed by atoms with E-state index in [1.165, 1.54) is 0 Å². The Morgan fingerprint density at radius 2 is 1.54 bits per heavy atom. The molecule has 1 atom stereocenters. The monoisotopic (exact) mass is 418 g/mol. The van der Waals surface area contributed by atoms with Crippen molar-refractivity contribution in [1.29, 1.82) is 0 Å². The number of rotatable bonds is 9. The first-order valence-electron chi connectivity index (χ1n) is 7.19. The summed E-state index contributed by atoms with van der Waals surface area (Å²) in [6.45, 7) is -3.88. The van der Waals surface area contributed by atoms with Crippen LogP contribution in [0.2, 0.25) is 0 Å². The summed E-state index contributed by atoms with van der Waals surface area (Å²) in [4.78, 5) is 11.8. The van der Waals surface area contributed by atoms with Gasteiger partial charge in [-0.2, -0.15) is 26.3 Å². The van der Waals surface area contributed by atoms with Crippen molar-refractivity contribution < 1.29 is 59.0 Å². The van der Waals surface area contributed by atoms with Gasteiger partial charge >= 0.3 is 25.9 Å². The summed E-state index contributed by atoms with van der Waals surface area (Å²) < 4.78 is 109. The maximum Gasteiger partial charge on any atom is 0.412 e. The maximum absolute atomic E-state index is 12.6. The van der Waals surface area contributed by atoms with Crippen molar-refractivity contribution in [2.45, 2.75) is 37.1 Å². The standard InChI is InChI=1S/C12H17F6O7P/c1-21-10(19)8(2-3-9-22-4-5-23-9)26(20,24-6-11(13,14)15)25-7-12(16,17)18/h8-9H,2-7H2,1H3. The lowest BCUT2D eigenvalue weighted by Gasteiger charge is -2.26. The van der Waals surface area contributed by atoms with Gasteiger partial charge in [-0.3, -0.25) is 18.4 Å². The summed E-state index contributed by atoms with van der Waals surface area (Å²) in [5.41, 5.74) is -2.01. The van der Waals surface area contributed by atoms with Gasteiger partial charge in [0, 0.05) is 0 Å². The number of carbonyl (C=O) groups is 1. The van der Waals surface area contributed by atoms with Gasteiger partial charge in [-0.05, 0) is 12.8 Å². The number of hydrogen-bond acceptors (Lipinski definition) is 7. The minimum absolute atomic E-state index is 0.144. The molecule has 1 fully saturated rings. The molecule has 0 N–H and O–H groups in total. The molecule has 0 aromatic carbocycles. The summed E-state index contributed by atoms with van der Waals surface area (Å²) in [5.74, 6) is -1.34. The van der Waals surface area contributed by atoms with E-state index in [0.717, 1.165) is 7.11 Å². The molecule has 0 spiro atoms. The van der Waals surface area contributed by atoms with E-state index >= 15 is 0 Å². The Bertz CT molecular complexity index is 481. The zero-order valence-electron chi connectivity index (χ0n) is 13.5. The second-order valence-electron chi connectivity index (χ2n) is 5.10. The van der Waals surface area contributed by atoms with Crippen molar-refractivity contribution in [3.05, 3.63) is 0 Å². The molecule has 154 valence electrons. The Hall–Kier alpha value is -0.880. The van der Waals surface area contributed by atoms with Crippen molar-refractivity contribution in [3.8, 4) is 0 Å². The van der Waals surface area contributed by atoms with E-state index in [9.17, 15) is 35.7 Å². The molecule has 26 heavy (non-hydrogen) atoms. The fourth-order valence-electron chi connectivity index (χ4n) is 1.95. The number of alkyl halides is 6. The molecule has 0 amide bonds. The molecule has 1 aliphatic heterocycles. The van der Waals surface area contributed by atoms with Gasteiger partial charge in [-0.1, -0.05) is 0 Å². The second-order valence-corrected chi connectivity index (χ2v) is 7.32. The largest absolute Gasteiger partial charge is 0.468 e. The zero-order valence-corrected chi connectivity index (χ0v) is 14.4. The van der Waals surface area contributed by atoms with Crippen molar-refractivity contribution >= 4 is 13.6 Å². The first-order valence-corrected chi connectivity index (χ1v) is 8.81. The average molecular weight is 418 g/mol. The molecule has 0 aromatic heterocycles. The lowest BCUT2D eigenvalue weighted by Crippen LogP contribution is -2.30. The average Bonchev–Trinajstić information content (AvgIpc) is 3.03. The SMILES string of the molecule is COC(=O)C(CCC1OCCO1)P(=O)(OCC(F)(F)F)OCC(F)(F)F. The van der Waals surface area contributed by atoms with E-state index in [2.05, 4.69) is 13.8 Å². The highest BCUT2D eigenvalue weighted by Gasteiger charge is 2.47. The summed E-state index contributed by atoms with van der Waals surface area (Å²) in [6.07, 6.45) is -11.5. The molecule has 1 unspecified atom stereocenters. The van der Waals surface area contributed by atoms with Crippen LogP contribution in [0.15, 0.2) is 0 Å². The Kier molecular flexibility index (Phi) is 8.33. The minimum Gasteiger partial charge on any atom is -0.468 e. The maximum atomic E-state index is 12.6. The van der Waals surface area contributed by atoms with Crippen LogP contribution in [-0.4, -0.2) is 63.8 Å². The highest BCUT2D eigenvalue weighted by molar-refractivity contribution is 7.55. The number of hydrogen-bond donors (Lipinski definition) is 0. The van der Waals surface area contributed by atoms with E-state index in [1.807, 2.05) is 0 Å². The van der Waals surface area contributed by atoms with E-state index in [-0.39, 0.29) is 19.6 Å². The molecule has 0 saturated carbocycles. The molecule has 0 radical (unpaired) electrons. The Morgan fingerprint density at radius 3 is 1.92 bits per heavy atom. The number of methoxy groups -OCH3 is 1. The van der Waals surface area contributed by atoms with Gasteiger partial charge in [0.1, 0.15) is 0 Å². The Balaban J connectivity index is 2.96. The van der Waals surface area contributed by atoms with Crippen LogP contribution in [0.5, 0.6) is 0 Å². The van der Waals surface area contributed by atoms with Gasteiger partial charge in [-0.15, -0.1) is 0 Å². The molecule has 1 saturated heterocycles. The van der Waals surface area contributed by atoms with Gasteiger partial charge in [0.05, 0.1) is 20.3 Å². The molecule has 1 aliphatic rings. The summed E-state index contributed by atoms with van der Waals surface area (Å²) in [5, 5.41) is 0. The summed E-state index contributed by atoms with van der Waals surface area (Å²) >= 11 is 0. The van der Waals surface area contributed by atoms with Gasteiger partial charge < -0.3 is 14.2 Å². The number of esters is 1. The van der Waals surface area contributed by atoms with Gasteiger partial charge in [-0.25, -0.2) is 0 Å². The molecule has 0 aliphatic carbocycles. The minimum atomic E-state index is -5.18. The van der Waals surface area contributed by atoms with E-state index < -0.39 is 57.5 Å². The van der Waals surface area contributed by atoms with Gasteiger partial charge in [0.2, 0.25) is 0 Å². The van der Waals surface area contributed by atoms with Gasteiger partial charge in [0.15, 0.2) is 25.2 Å². The number of carbonyl (C=O) groups excluding carboxylic acids is 1. The normalized spacial score (nSPS) is 18.1. The van der Waals surface area contributed by atoms with Crippen LogP contribution in [0.25, 0.3) is 0 Å². The van der Waals surface area contributed by atoms with Crippen molar-refractivity contribution in [3.63, 3.8) is 0 Å². The number of halogens is 6. The first-order chi connectivity index (χ1) is 11.9. The third-order valence-electron chi connectivity index (χ3n) is 3.04. The molecule has 1 heterocycles. The smallest absolute Gasteiger partial charge is 0.412 e. The fourth-order valence-corrected chi connectivity index (χ4v) is 3.87. The highest BCUT2D eigenvalue weighted by Crippen LogP contribution is 2.56. The van der Waals surface area contributed by atoms with Crippen LogP contribution in [0.1, 0.15) is 12.8 Å². The molecular formula is C12H17F6O7P. The Morgan fingerprint density at radius 1 is 1.08 bits per heavy atom. The lowest BCUT2D eigenvalue weighted by atomic mass is 10.2. The van der Waals surface area contributed by atoms with Crippen LogP contribution in [0.4, 0.5) is 26.3 Å². The lowest BCUT2D eigenvalue weighted by molar-refractivity contribution is -0.167. The molecule has 7 nitrogen and oxygen atoms in total. The molecule has 0 aromatic rings. The molecule has 14 heteroatoms. The predicted molar refractivity (Wildman–Crippen MR) is 72.4 cm³/mol. The van der Waals surface area contributed by atoms with Crippen molar-refractivity contribution in [1.82, 2.24) is 0 Å². The molecular weight excluding hydrogens is 401 g/mol. The van der Waals surface area contributed by atoms with Crippen LogP contribution in [0.3, 0.4) is 0 Å². The molecule has 0 bridgehead atoms. The van der Waals surface area contributed by atoms with Gasteiger partial charge in [0.25, 0.3) is 0 Å². The van der Waals surface area contributed by atoms with Crippen LogP contribution < -0.4 is 0 Å². The van der Waals surface area contributed by atoms with Crippen LogP contribution in [-0.2, 0) is 32.6 Å². The molecule has 1 rings (SSSR count). The highest BCUT2D eigenvalue weighted by atomic mass is 31.2. The quantitative estimate of drug-likeness (QED) is 0.324. The van der Waals surface area contributed by atoms with E-state index in [4.69, 9.17) is 9.47 Å². The first kappa shape index (κ1) is 23.2. The Labute approximate surface area is 144 Å². The van der Waals surface area contributed by atoms with E-state index in [1.54, 1.807) is 0 Å². The topological polar surface area (TPSA) is 80.3 Å². The zero-order chi connectivity index (χ0) is 20.0. The number of ether oxygens (including phenoxy) is 3. The van der Waals surface area contributed by atoms with Crippen LogP contribution >= 0.6 is 7.60 Å². The second kappa shape index (κ2) is 9.36. The fraction of sp³-hybridized carbons (Fsp3) is 0.917. The van der Waals surface area contributed by atoms with Crippen molar-refractivity contribution in [2.75, 3.05) is 33.5 Å². The summed E-state index contributed by atoms with van der Waals surface area (Å²) in [6, 6.07) is 0. The summed E-state index contributed by atoms with van der Waals surface area (Å²) in [7, 11) is -4.35. The van der Waals surface area contributed by atoms with E-state index in [0.29, 0.717) is 0 Å². The third-order valence-corrected chi connectivity index (χ3v) is 5.25. The van der Waals surface area contributed by atoms with Crippen molar-refractivity contribution in [2.24, 2.45) is 0 Å².